The molecule has 1 aromatic carbocycles. The molecule has 2 amide bonds. The molecule has 11 heteroatoms. The zero-order chi connectivity index (χ0) is 24.6. The number of alkyl halides is 3. The number of fused-ring (bicyclic) bond motifs is 1. The highest BCUT2D eigenvalue weighted by Gasteiger charge is 2.37. The molecular weight excluding hydrogens is 454 g/mol. The van der Waals surface area contributed by atoms with Crippen LogP contribution < -0.4 is 5.32 Å². The maximum Gasteiger partial charge on any atom is 0.433 e. The number of amides is 2. The summed E-state index contributed by atoms with van der Waals surface area (Å²) in [4.78, 5) is 30.6. The Morgan fingerprint density at radius 2 is 1.91 bits per heavy atom. The van der Waals surface area contributed by atoms with Gasteiger partial charge in [-0.25, -0.2) is 13.9 Å². The van der Waals surface area contributed by atoms with Crippen molar-refractivity contribution in [3.8, 4) is 0 Å². The fourth-order valence-electron chi connectivity index (χ4n) is 4.24. The Kier molecular flexibility index (Phi) is 6.28. The summed E-state index contributed by atoms with van der Waals surface area (Å²) in [7, 11) is 0. The van der Waals surface area contributed by atoms with Crippen molar-refractivity contribution in [2.45, 2.75) is 44.8 Å². The van der Waals surface area contributed by atoms with Crippen LogP contribution in [-0.2, 0) is 22.2 Å². The van der Waals surface area contributed by atoms with E-state index in [4.69, 9.17) is 0 Å². The molecule has 0 aliphatic carbocycles. The Morgan fingerprint density at radius 1 is 1.21 bits per heavy atom. The number of carbonyl (C=O) groups excluding carboxylic acids is 2. The molecule has 180 valence electrons. The Bertz CT molecular complexity index is 1220. The Hall–Kier alpha value is -3.50. The van der Waals surface area contributed by atoms with E-state index in [1.165, 1.54) is 32.0 Å². The van der Waals surface area contributed by atoms with Gasteiger partial charge in [-0.1, -0.05) is 12.1 Å². The van der Waals surface area contributed by atoms with Gasteiger partial charge >= 0.3 is 6.18 Å². The lowest BCUT2D eigenvalue weighted by Crippen LogP contribution is -2.48. The minimum atomic E-state index is -4.58. The molecule has 3 heterocycles. The van der Waals surface area contributed by atoms with Crippen molar-refractivity contribution in [1.82, 2.24) is 24.8 Å². The number of aryl methyl sites for hydroxylation is 1. The molecule has 1 N–H and O–H groups in total. The number of benzene rings is 1. The van der Waals surface area contributed by atoms with Crippen molar-refractivity contribution in [3.63, 3.8) is 0 Å². The van der Waals surface area contributed by atoms with Gasteiger partial charge in [-0.05, 0) is 37.1 Å². The van der Waals surface area contributed by atoms with Gasteiger partial charge in [0, 0.05) is 44.1 Å². The summed E-state index contributed by atoms with van der Waals surface area (Å²) in [6, 6.07) is 7.29. The highest BCUT2D eigenvalue weighted by molar-refractivity contribution is 5.87. The van der Waals surface area contributed by atoms with Gasteiger partial charge < -0.3 is 10.2 Å². The van der Waals surface area contributed by atoms with E-state index >= 15 is 0 Å². The number of nitrogens with one attached hydrogen (secondary N) is 1. The molecule has 1 fully saturated rings. The second kappa shape index (κ2) is 9.03. The van der Waals surface area contributed by atoms with E-state index in [2.05, 4.69) is 15.4 Å². The van der Waals surface area contributed by atoms with E-state index in [-0.39, 0.29) is 42.0 Å². The third-order valence-electron chi connectivity index (χ3n) is 5.81. The lowest BCUT2D eigenvalue weighted by Gasteiger charge is -2.24. The van der Waals surface area contributed by atoms with Gasteiger partial charge in [-0.3, -0.25) is 9.59 Å². The average Bonchev–Trinajstić information content (AvgIpc) is 3.39. The monoisotopic (exact) mass is 477 g/mol. The molecule has 2 unspecified atom stereocenters. The van der Waals surface area contributed by atoms with Gasteiger partial charge in [0.25, 0.3) is 0 Å². The van der Waals surface area contributed by atoms with E-state index in [1.807, 2.05) is 0 Å². The van der Waals surface area contributed by atoms with Gasteiger partial charge in [0.05, 0.1) is 5.69 Å². The van der Waals surface area contributed by atoms with Crippen molar-refractivity contribution < 1.29 is 27.2 Å². The van der Waals surface area contributed by atoms with Gasteiger partial charge in [-0.2, -0.15) is 18.3 Å². The number of aromatic nitrogens is 3. The normalized spacial score (nSPS) is 17.2. The maximum atomic E-state index is 13.4. The number of nitrogens with zero attached hydrogens (tertiary/aromatic N) is 4. The van der Waals surface area contributed by atoms with Crippen molar-refractivity contribution in [2.75, 3.05) is 13.1 Å². The highest BCUT2D eigenvalue weighted by Crippen LogP contribution is 2.32. The summed E-state index contributed by atoms with van der Waals surface area (Å²) in [6.45, 7) is 3.42. The minimum absolute atomic E-state index is 0.0968. The van der Waals surface area contributed by atoms with Gasteiger partial charge in [0.15, 0.2) is 5.65 Å². The number of hydrogen-bond donors (Lipinski definition) is 1. The molecule has 4 rings (SSSR count). The number of hydrogen-bond acceptors (Lipinski definition) is 4. The summed E-state index contributed by atoms with van der Waals surface area (Å²) >= 11 is 0. The van der Waals surface area contributed by atoms with Crippen molar-refractivity contribution in [2.24, 2.45) is 0 Å². The highest BCUT2D eigenvalue weighted by atomic mass is 19.4. The van der Waals surface area contributed by atoms with E-state index < -0.39 is 23.7 Å². The van der Waals surface area contributed by atoms with Crippen molar-refractivity contribution in [1.29, 1.82) is 0 Å². The number of carbonyl (C=O) groups is 2. The lowest BCUT2D eigenvalue weighted by molar-refractivity contribution is -0.142. The quantitative estimate of drug-likeness (QED) is 0.573. The summed E-state index contributed by atoms with van der Waals surface area (Å²) in [5.41, 5.74) is 0.532. The van der Waals surface area contributed by atoms with Gasteiger partial charge in [0.2, 0.25) is 11.8 Å². The first-order valence-corrected chi connectivity index (χ1v) is 10.8. The second-order valence-corrected chi connectivity index (χ2v) is 8.47. The molecule has 0 bridgehead atoms. The molecule has 1 aliphatic rings. The SMILES string of the molecule is CC(=O)NC(Cc1ccc(F)cc1)C(=O)N1CCC(c2cc3nc(C)cc(C(F)(F)F)n3n2)C1. The molecule has 7 nitrogen and oxygen atoms in total. The Morgan fingerprint density at radius 3 is 2.56 bits per heavy atom. The number of rotatable bonds is 5. The average molecular weight is 477 g/mol. The third-order valence-corrected chi connectivity index (χ3v) is 5.81. The molecular formula is C23H23F4N5O2. The molecule has 0 spiro atoms. The zero-order valence-electron chi connectivity index (χ0n) is 18.6. The van der Waals surface area contributed by atoms with E-state index in [9.17, 15) is 27.2 Å². The van der Waals surface area contributed by atoms with Crippen LogP contribution in [0.5, 0.6) is 0 Å². The number of halogens is 4. The summed E-state index contributed by atoms with van der Waals surface area (Å²) < 4.78 is 54.4. The first-order chi connectivity index (χ1) is 16.0. The Balaban J connectivity index is 1.53. The summed E-state index contributed by atoms with van der Waals surface area (Å²) in [5.74, 6) is -1.36. The largest absolute Gasteiger partial charge is 0.433 e. The smallest absolute Gasteiger partial charge is 0.344 e. The summed E-state index contributed by atoms with van der Waals surface area (Å²) in [5, 5.41) is 6.80. The maximum absolute atomic E-state index is 13.4. The molecule has 1 saturated heterocycles. The number of likely N-dealkylation sites (tertiary alicyclic amines) is 1. The zero-order valence-corrected chi connectivity index (χ0v) is 18.6. The molecule has 3 aromatic rings. The van der Waals surface area contributed by atoms with E-state index in [1.54, 1.807) is 17.0 Å². The predicted octanol–water partition coefficient (Wildman–Crippen LogP) is 3.26. The van der Waals surface area contributed by atoms with Crippen LogP contribution in [0.1, 0.15) is 41.9 Å². The van der Waals surface area contributed by atoms with Crippen LogP contribution in [0.15, 0.2) is 36.4 Å². The molecule has 1 aliphatic heterocycles. The third kappa shape index (κ3) is 5.02. The van der Waals surface area contributed by atoms with Crippen LogP contribution in [0.3, 0.4) is 0 Å². The van der Waals surface area contributed by atoms with Crippen molar-refractivity contribution >= 4 is 17.5 Å². The minimum Gasteiger partial charge on any atom is -0.344 e. The molecule has 0 radical (unpaired) electrons. The first kappa shape index (κ1) is 23.7. The van der Waals surface area contributed by atoms with Crippen molar-refractivity contribution in [3.05, 3.63) is 64.9 Å². The first-order valence-electron chi connectivity index (χ1n) is 10.8. The molecule has 34 heavy (non-hydrogen) atoms. The lowest BCUT2D eigenvalue weighted by atomic mass is 10.0. The van der Waals surface area contributed by atoms with Crippen LogP contribution in [0.4, 0.5) is 17.6 Å². The molecule has 2 atom stereocenters. The van der Waals surface area contributed by atoms with Crippen LogP contribution in [-0.4, -0.2) is 50.4 Å². The standard InChI is InChI=1S/C23H23F4N5O2/c1-13-9-20(23(25,26)27)32-21(28-13)11-18(30-32)16-7-8-31(12-16)22(34)19(29-14(2)33)10-15-3-5-17(24)6-4-15/h3-6,9,11,16,19H,7-8,10,12H2,1-2H3,(H,29,33). The van der Waals surface area contributed by atoms with Crippen LogP contribution in [0.2, 0.25) is 0 Å². The van der Waals surface area contributed by atoms with Gasteiger partial charge in [0.1, 0.15) is 17.6 Å². The van der Waals surface area contributed by atoms with E-state index in [0.717, 1.165) is 10.6 Å². The van der Waals surface area contributed by atoms with Gasteiger partial charge in [-0.15, -0.1) is 0 Å². The second-order valence-electron chi connectivity index (χ2n) is 8.47. The topological polar surface area (TPSA) is 79.6 Å². The fourth-order valence-corrected chi connectivity index (χ4v) is 4.24. The van der Waals surface area contributed by atoms with Crippen LogP contribution in [0.25, 0.3) is 5.65 Å². The molecule has 0 saturated carbocycles. The predicted molar refractivity (Wildman–Crippen MR) is 114 cm³/mol. The van der Waals surface area contributed by atoms with E-state index in [0.29, 0.717) is 24.2 Å². The molecule has 2 aromatic heterocycles. The fraction of sp³-hybridized carbons (Fsp3) is 0.391. The van der Waals surface area contributed by atoms with Crippen LogP contribution in [0, 0.1) is 12.7 Å². The summed E-state index contributed by atoms with van der Waals surface area (Å²) in [6.07, 6.45) is -3.88. The van der Waals surface area contributed by atoms with Crippen LogP contribution >= 0.6 is 0 Å². The Labute approximate surface area is 192 Å².